The summed E-state index contributed by atoms with van der Waals surface area (Å²) in [5, 5.41) is 0. The molecule has 0 radical (unpaired) electrons. The Morgan fingerprint density at radius 3 is 0.800 bits per heavy atom. The molecule has 0 amide bonds. The Hall–Kier alpha value is 0.424. The molecule has 0 aliphatic carbocycles. The van der Waals surface area contributed by atoms with Crippen molar-refractivity contribution in [3.63, 3.8) is 0 Å². The Balaban J connectivity index is -0.00000000800. The summed E-state index contributed by atoms with van der Waals surface area (Å²) in [4.78, 5) is 0. The van der Waals surface area contributed by atoms with Crippen molar-refractivity contribution in [2.24, 2.45) is 0 Å². The van der Waals surface area contributed by atoms with Crippen LogP contribution in [0.3, 0.4) is 0 Å². The molecule has 0 saturated heterocycles. The van der Waals surface area contributed by atoms with Crippen LogP contribution in [0.1, 0.15) is 0 Å². The van der Waals surface area contributed by atoms with Gasteiger partial charge in [0.2, 0.25) is 0 Å². The Kier molecular flexibility index (Phi) is 76.7. The molecular formula is H10O8STi. The van der Waals surface area contributed by atoms with Crippen molar-refractivity contribution in [1.29, 1.82) is 0 Å². The van der Waals surface area contributed by atoms with E-state index in [-0.39, 0.29) is 43.6 Å². The largest absolute Gasteiger partial charge is 0.412 e. The molecule has 0 aliphatic heterocycles. The number of hydrogen-bond donors (Lipinski definition) is 2. The Bertz CT molecular complexity index is 92.4. The first-order valence-electron chi connectivity index (χ1n) is 0.698. The molecule has 0 heterocycles. The van der Waals surface area contributed by atoms with Crippen LogP contribution in [-0.4, -0.2) is 39.4 Å². The first kappa shape index (κ1) is 47.3. The van der Waals surface area contributed by atoms with E-state index in [1.807, 2.05) is 0 Å². The SMILES string of the molecule is O.O.O.O.O=S(=O)(O)O.[Ti]. The van der Waals surface area contributed by atoms with Gasteiger partial charge in [-0.05, 0) is 0 Å². The predicted octanol–water partition coefficient (Wildman–Crippen LogP) is -3.95. The first-order chi connectivity index (χ1) is 2.00. The molecule has 0 fully saturated rings. The summed E-state index contributed by atoms with van der Waals surface area (Å²) in [6.07, 6.45) is 0. The van der Waals surface area contributed by atoms with E-state index in [1.54, 1.807) is 0 Å². The van der Waals surface area contributed by atoms with E-state index in [2.05, 4.69) is 0 Å². The van der Waals surface area contributed by atoms with Crippen LogP contribution >= 0.6 is 0 Å². The van der Waals surface area contributed by atoms with Gasteiger partial charge in [0.25, 0.3) is 0 Å². The average Bonchev–Trinajstić information content (AvgIpc) is 0.722. The molecule has 10 N–H and O–H groups in total. The minimum Gasteiger partial charge on any atom is -0.412 e. The molecular weight excluding hydrogens is 208 g/mol. The third-order valence-electron chi connectivity index (χ3n) is 0. The molecule has 8 nitrogen and oxygen atoms in total. The molecule has 0 saturated carbocycles. The topological polar surface area (TPSA) is 201 Å². The van der Waals surface area contributed by atoms with Crippen molar-refractivity contribution >= 4 is 10.4 Å². The van der Waals surface area contributed by atoms with E-state index < -0.39 is 10.4 Å². The molecule has 10 heavy (non-hydrogen) atoms. The smallest absolute Gasteiger partial charge is 0.394 e. The van der Waals surface area contributed by atoms with Gasteiger partial charge in [0, 0.05) is 21.7 Å². The molecule has 68 valence electrons. The van der Waals surface area contributed by atoms with Gasteiger partial charge in [0.15, 0.2) is 0 Å². The van der Waals surface area contributed by atoms with Gasteiger partial charge in [-0.25, -0.2) is 0 Å². The van der Waals surface area contributed by atoms with Crippen molar-refractivity contribution < 1.29 is 61.1 Å². The van der Waals surface area contributed by atoms with Gasteiger partial charge in [-0.1, -0.05) is 0 Å². The summed E-state index contributed by atoms with van der Waals surface area (Å²) in [5.41, 5.74) is 0. The third kappa shape index (κ3) is 2580. The number of hydrogen-bond acceptors (Lipinski definition) is 2. The molecule has 0 aromatic rings. The van der Waals surface area contributed by atoms with E-state index in [0.29, 0.717) is 0 Å². The second-order valence-electron chi connectivity index (χ2n) is 0.448. The van der Waals surface area contributed by atoms with E-state index in [4.69, 9.17) is 17.5 Å². The molecule has 0 aromatic carbocycles. The van der Waals surface area contributed by atoms with Crippen molar-refractivity contribution in [2.45, 2.75) is 0 Å². The van der Waals surface area contributed by atoms with E-state index in [9.17, 15) is 0 Å². The standard InChI is InChI=1S/H2O4S.4H2O.Ti/c1-5(2,3)4;;;;;/h(H2,1,2,3,4);4*1H2;. The van der Waals surface area contributed by atoms with Crippen LogP contribution in [0.5, 0.6) is 0 Å². The summed E-state index contributed by atoms with van der Waals surface area (Å²) >= 11 is 0. The predicted molar refractivity (Wildman–Crippen MR) is 28.6 cm³/mol. The van der Waals surface area contributed by atoms with Gasteiger partial charge in [0.1, 0.15) is 0 Å². The quantitative estimate of drug-likeness (QED) is 0.308. The Morgan fingerprint density at radius 1 is 0.800 bits per heavy atom. The van der Waals surface area contributed by atoms with E-state index >= 15 is 0 Å². The van der Waals surface area contributed by atoms with E-state index in [0.717, 1.165) is 0 Å². The first-order valence-corrected chi connectivity index (χ1v) is 2.10. The van der Waals surface area contributed by atoms with Crippen molar-refractivity contribution in [2.75, 3.05) is 0 Å². The third-order valence-corrected chi connectivity index (χ3v) is 0. The van der Waals surface area contributed by atoms with Gasteiger partial charge in [-0.2, -0.15) is 8.42 Å². The van der Waals surface area contributed by atoms with Gasteiger partial charge in [0.05, 0.1) is 0 Å². The fourth-order valence-electron chi connectivity index (χ4n) is 0. The minimum atomic E-state index is -4.67. The average molecular weight is 218 g/mol. The second kappa shape index (κ2) is 16.2. The summed E-state index contributed by atoms with van der Waals surface area (Å²) in [6.45, 7) is 0. The fraction of sp³-hybridized carbons (Fsp3) is 0. The zero-order valence-corrected chi connectivity index (χ0v) is 7.00. The van der Waals surface area contributed by atoms with Crippen LogP contribution in [0.2, 0.25) is 0 Å². The number of rotatable bonds is 0. The van der Waals surface area contributed by atoms with Gasteiger partial charge >= 0.3 is 10.4 Å². The maximum absolute atomic E-state index is 8.74. The molecule has 0 atom stereocenters. The van der Waals surface area contributed by atoms with Crippen LogP contribution in [0, 0.1) is 0 Å². The Morgan fingerprint density at radius 2 is 0.800 bits per heavy atom. The van der Waals surface area contributed by atoms with E-state index in [1.165, 1.54) is 0 Å². The summed E-state index contributed by atoms with van der Waals surface area (Å²) in [7, 11) is -4.67. The monoisotopic (exact) mass is 218 g/mol. The summed E-state index contributed by atoms with van der Waals surface area (Å²) in [5.74, 6) is 0. The normalized spacial score (nSPS) is 5.80. The van der Waals surface area contributed by atoms with Crippen molar-refractivity contribution in [3.8, 4) is 0 Å². The Labute approximate surface area is 71.9 Å². The summed E-state index contributed by atoms with van der Waals surface area (Å²) < 4.78 is 31.6. The molecule has 0 bridgehead atoms. The second-order valence-corrected chi connectivity index (χ2v) is 1.34. The minimum absolute atomic E-state index is 0. The van der Waals surface area contributed by atoms with Crippen LogP contribution in [0.15, 0.2) is 0 Å². The molecule has 0 aromatic heterocycles. The molecule has 10 heteroatoms. The van der Waals surface area contributed by atoms with Crippen LogP contribution in [-0.2, 0) is 32.1 Å². The van der Waals surface area contributed by atoms with Crippen molar-refractivity contribution in [3.05, 3.63) is 0 Å². The molecule has 0 spiro atoms. The maximum Gasteiger partial charge on any atom is 0.394 e. The van der Waals surface area contributed by atoms with Crippen LogP contribution < -0.4 is 0 Å². The fourth-order valence-corrected chi connectivity index (χ4v) is 0. The van der Waals surface area contributed by atoms with Gasteiger partial charge in [-0.15, -0.1) is 0 Å². The zero-order chi connectivity index (χ0) is 4.50. The van der Waals surface area contributed by atoms with Gasteiger partial charge < -0.3 is 21.9 Å². The molecule has 0 rings (SSSR count). The molecule has 0 unspecified atom stereocenters. The zero-order valence-electron chi connectivity index (χ0n) is 4.62. The van der Waals surface area contributed by atoms with Crippen LogP contribution in [0.25, 0.3) is 0 Å². The molecule has 0 aliphatic rings. The summed E-state index contributed by atoms with van der Waals surface area (Å²) in [6, 6.07) is 0. The maximum atomic E-state index is 8.74. The van der Waals surface area contributed by atoms with Gasteiger partial charge in [-0.3, -0.25) is 9.11 Å². The van der Waals surface area contributed by atoms with Crippen molar-refractivity contribution in [1.82, 2.24) is 0 Å². The van der Waals surface area contributed by atoms with Crippen LogP contribution in [0.4, 0.5) is 0 Å².